The van der Waals surface area contributed by atoms with Crippen LogP contribution >= 0.6 is 11.8 Å². The van der Waals surface area contributed by atoms with Gasteiger partial charge in [0.25, 0.3) is 0 Å². The lowest BCUT2D eigenvalue weighted by Crippen LogP contribution is -2.33. The van der Waals surface area contributed by atoms with E-state index in [1.807, 2.05) is 13.2 Å². The molecule has 0 aliphatic carbocycles. The molecule has 0 aromatic carbocycles. The topological polar surface area (TPSA) is 67.2 Å². The Morgan fingerprint density at radius 2 is 2.64 bits per heavy atom. The van der Waals surface area contributed by atoms with Gasteiger partial charge >= 0.3 is 5.97 Å². The Morgan fingerprint density at radius 1 is 1.86 bits per heavy atom. The zero-order valence-electron chi connectivity index (χ0n) is 7.67. The number of carboxylic acids is 1. The molecule has 1 aromatic heterocycles. The van der Waals surface area contributed by atoms with Crippen LogP contribution < -0.4 is 5.32 Å². The summed E-state index contributed by atoms with van der Waals surface area (Å²) < 4.78 is 1.71. The van der Waals surface area contributed by atoms with Crippen molar-refractivity contribution >= 4 is 17.7 Å². The van der Waals surface area contributed by atoms with Crippen molar-refractivity contribution in [3.05, 3.63) is 18.0 Å². The largest absolute Gasteiger partial charge is 0.480 e. The number of nitrogens with one attached hydrogen (secondary N) is 1. The smallest absolute Gasteiger partial charge is 0.321 e. The van der Waals surface area contributed by atoms with Gasteiger partial charge in [-0.15, -0.1) is 11.8 Å². The molecule has 0 amide bonds. The van der Waals surface area contributed by atoms with Crippen molar-refractivity contribution in [1.29, 1.82) is 0 Å². The summed E-state index contributed by atoms with van der Waals surface area (Å²) in [6.07, 6.45) is 3.66. The third-order valence-corrected chi connectivity index (χ3v) is 3.38. The van der Waals surface area contributed by atoms with E-state index in [0.717, 1.165) is 5.56 Å². The van der Waals surface area contributed by atoms with Crippen molar-refractivity contribution in [2.75, 3.05) is 5.75 Å². The molecular formula is C8H11N3O2S. The fourth-order valence-electron chi connectivity index (χ4n) is 1.38. The van der Waals surface area contributed by atoms with Crippen molar-refractivity contribution in [1.82, 2.24) is 15.1 Å². The molecule has 0 saturated carbocycles. The Balaban J connectivity index is 2.05. The third kappa shape index (κ3) is 1.76. The molecule has 1 unspecified atom stereocenters. The number of hydrogen-bond acceptors (Lipinski definition) is 4. The first-order valence-corrected chi connectivity index (χ1v) is 5.30. The highest BCUT2D eigenvalue weighted by Gasteiger charge is 2.30. The minimum absolute atomic E-state index is 0.0600. The summed E-state index contributed by atoms with van der Waals surface area (Å²) in [7, 11) is 1.85. The number of hydrogen-bond donors (Lipinski definition) is 2. The predicted octanol–water partition coefficient (Wildman–Crippen LogP) is 0.208. The molecule has 5 nitrogen and oxygen atoms in total. The Morgan fingerprint density at radius 3 is 3.14 bits per heavy atom. The highest BCUT2D eigenvalue weighted by molar-refractivity contribution is 7.99. The highest BCUT2D eigenvalue weighted by Crippen LogP contribution is 2.32. The Kier molecular flexibility index (Phi) is 2.47. The molecule has 1 saturated heterocycles. The number of aryl methyl sites for hydroxylation is 1. The normalized spacial score (nSPS) is 26.6. The molecule has 1 aliphatic rings. The van der Waals surface area contributed by atoms with E-state index in [4.69, 9.17) is 5.11 Å². The first-order chi connectivity index (χ1) is 6.66. The van der Waals surface area contributed by atoms with Crippen LogP contribution in [0.1, 0.15) is 10.9 Å². The number of aliphatic carboxylic acids is 1. The monoisotopic (exact) mass is 213 g/mol. The minimum Gasteiger partial charge on any atom is -0.480 e. The summed E-state index contributed by atoms with van der Waals surface area (Å²) in [5, 5.41) is 15.9. The summed E-state index contributed by atoms with van der Waals surface area (Å²) in [5.74, 6) is -0.182. The second-order valence-corrected chi connectivity index (χ2v) is 4.36. The minimum atomic E-state index is -0.788. The molecule has 1 fully saturated rings. The molecule has 2 atom stereocenters. The first kappa shape index (κ1) is 9.54. The lowest BCUT2D eigenvalue weighted by molar-refractivity contribution is -0.138. The van der Waals surface area contributed by atoms with Gasteiger partial charge in [0.1, 0.15) is 6.04 Å². The van der Waals surface area contributed by atoms with Crippen molar-refractivity contribution in [3.8, 4) is 0 Å². The van der Waals surface area contributed by atoms with Crippen LogP contribution in [0.25, 0.3) is 0 Å². The molecule has 6 heteroatoms. The molecule has 2 rings (SSSR count). The van der Waals surface area contributed by atoms with E-state index in [9.17, 15) is 4.79 Å². The zero-order chi connectivity index (χ0) is 10.1. The van der Waals surface area contributed by atoms with Crippen molar-refractivity contribution in [2.45, 2.75) is 11.4 Å². The van der Waals surface area contributed by atoms with Gasteiger partial charge in [0.2, 0.25) is 0 Å². The SMILES string of the molecule is Cn1cc(C2N[C@H](C(=O)O)CS2)cn1. The van der Waals surface area contributed by atoms with Crippen LogP contribution in [0.5, 0.6) is 0 Å². The Labute approximate surface area is 85.5 Å². The van der Waals surface area contributed by atoms with Crippen molar-refractivity contribution in [3.63, 3.8) is 0 Å². The maximum atomic E-state index is 10.7. The van der Waals surface area contributed by atoms with Crippen LogP contribution in [-0.4, -0.2) is 32.7 Å². The number of carboxylic acid groups (broad SMARTS) is 1. The van der Waals surface area contributed by atoms with Crippen LogP contribution in [0.4, 0.5) is 0 Å². The van der Waals surface area contributed by atoms with Crippen molar-refractivity contribution in [2.24, 2.45) is 7.05 Å². The average molecular weight is 213 g/mol. The fraction of sp³-hybridized carbons (Fsp3) is 0.500. The van der Waals surface area contributed by atoms with Gasteiger partial charge in [-0.2, -0.15) is 5.10 Å². The summed E-state index contributed by atoms with van der Waals surface area (Å²) in [6, 6.07) is -0.440. The lowest BCUT2D eigenvalue weighted by atomic mass is 10.3. The third-order valence-electron chi connectivity index (χ3n) is 2.11. The van der Waals surface area contributed by atoms with Gasteiger partial charge < -0.3 is 5.11 Å². The van der Waals surface area contributed by atoms with Gasteiger partial charge in [0.05, 0.1) is 11.6 Å². The second-order valence-electron chi connectivity index (χ2n) is 3.22. The predicted molar refractivity (Wildman–Crippen MR) is 53.0 cm³/mol. The van der Waals surface area contributed by atoms with Crippen LogP contribution in [0.2, 0.25) is 0 Å². The van der Waals surface area contributed by atoms with Crippen LogP contribution in [0.15, 0.2) is 12.4 Å². The number of aromatic nitrogens is 2. The maximum Gasteiger partial charge on any atom is 0.321 e. The number of thioether (sulfide) groups is 1. The molecule has 1 aromatic rings. The van der Waals surface area contributed by atoms with Gasteiger partial charge in [-0.05, 0) is 0 Å². The zero-order valence-corrected chi connectivity index (χ0v) is 8.49. The van der Waals surface area contributed by atoms with E-state index in [-0.39, 0.29) is 5.37 Å². The Bertz CT molecular complexity index is 352. The molecule has 0 bridgehead atoms. The quantitative estimate of drug-likeness (QED) is 0.735. The van der Waals surface area contributed by atoms with Gasteiger partial charge in [0.15, 0.2) is 0 Å². The van der Waals surface area contributed by atoms with Crippen LogP contribution in [-0.2, 0) is 11.8 Å². The molecule has 0 radical (unpaired) electrons. The molecular weight excluding hydrogens is 202 g/mol. The number of rotatable bonds is 2. The number of nitrogens with zero attached hydrogens (tertiary/aromatic N) is 2. The molecule has 2 N–H and O–H groups in total. The summed E-state index contributed by atoms with van der Waals surface area (Å²) >= 11 is 1.60. The summed E-state index contributed by atoms with van der Waals surface area (Å²) in [5.41, 5.74) is 1.03. The molecule has 0 spiro atoms. The number of carbonyl (C=O) groups is 1. The van der Waals surface area contributed by atoms with Crippen molar-refractivity contribution < 1.29 is 9.90 Å². The van der Waals surface area contributed by atoms with Gasteiger partial charge in [-0.3, -0.25) is 14.8 Å². The molecule has 76 valence electrons. The Hall–Kier alpha value is -1.01. The highest BCUT2D eigenvalue weighted by atomic mass is 32.2. The van der Waals surface area contributed by atoms with E-state index in [2.05, 4.69) is 10.4 Å². The molecule has 2 heterocycles. The summed E-state index contributed by atoms with van der Waals surface area (Å²) in [6.45, 7) is 0. The standard InChI is InChI=1S/C8H11N3O2S/c1-11-3-5(2-9-11)7-10-6(4-14-7)8(12)13/h2-3,6-7,10H,4H2,1H3,(H,12,13)/t6-,7?/m0/s1. The second kappa shape index (κ2) is 3.62. The molecule has 14 heavy (non-hydrogen) atoms. The average Bonchev–Trinajstić information content (AvgIpc) is 2.70. The fourth-order valence-corrected chi connectivity index (χ4v) is 2.58. The van der Waals surface area contributed by atoms with E-state index in [0.29, 0.717) is 5.75 Å². The van der Waals surface area contributed by atoms with Crippen LogP contribution in [0.3, 0.4) is 0 Å². The van der Waals surface area contributed by atoms with E-state index >= 15 is 0 Å². The van der Waals surface area contributed by atoms with E-state index in [1.165, 1.54) is 0 Å². The van der Waals surface area contributed by atoms with Gasteiger partial charge in [0, 0.05) is 24.6 Å². The van der Waals surface area contributed by atoms with Crippen LogP contribution in [0, 0.1) is 0 Å². The van der Waals surface area contributed by atoms with E-state index in [1.54, 1.807) is 22.6 Å². The molecule has 1 aliphatic heterocycles. The van der Waals surface area contributed by atoms with E-state index < -0.39 is 12.0 Å². The summed E-state index contributed by atoms with van der Waals surface area (Å²) in [4.78, 5) is 10.7. The first-order valence-electron chi connectivity index (χ1n) is 4.26. The van der Waals surface area contributed by atoms with Gasteiger partial charge in [-0.25, -0.2) is 0 Å². The lowest BCUT2D eigenvalue weighted by Gasteiger charge is -2.07. The maximum absolute atomic E-state index is 10.7. The van der Waals surface area contributed by atoms with Gasteiger partial charge in [-0.1, -0.05) is 0 Å².